The molecule has 4 heteroatoms. The summed E-state index contributed by atoms with van der Waals surface area (Å²) in [7, 11) is 0. The highest BCUT2D eigenvalue weighted by molar-refractivity contribution is 5.77. The number of likely N-dealkylation sites (tertiary alicyclic amines) is 1. The first-order chi connectivity index (χ1) is 7.93. The molecule has 1 N–H and O–H groups in total. The fourth-order valence-corrected chi connectivity index (χ4v) is 2.14. The molecule has 0 bridgehead atoms. The molecule has 0 radical (unpaired) electrons. The minimum atomic E-state index is -0.00856. The second-order valence-corrected chi connectivity index (χ2v) is 5.62. The van der Waals surface area contributed by atoms with Crippen LogP contribution in [0.3, 0.4) is 0 Å². The molecule has 0 unspecified atom stereocenters. The van der Waals surface area contributed by atoms with E-state index in [9.17, 15) is 4.79 Å². The highest BCUT2D eigenvalue weighted by Gasteiger charge is 2.27. The number of rotatable bonds is 4. The molecular formula is C13H26N2O2. The summed E-state index contributed by atoms with van der Waals surface area (Å²) in [4.78, 5) is 13.7. The van der Waals surface area contributed by atoms with Gasteiger partial charge >= 0.3 is 0 Å². The van der Waals surface area contributed by atoms with E-state index in [2.05, 4.69) is 31.0 Å². The predicted octanol–water partition coefficient (Wildman–Crippen LogP) is 1.40. The third-order valence-corrected chi connectivity index (χ3v) is 3.21. The fourth-order valence-electron chi connectivity index (χ4n) is 2.14. The molecule has 17 heavy (non-hydrogen) atoms. The van der Waals surface area contributed by atoms with E-state index in [1.807, 2.05) is 6.92 Å². The van der Waals surface area contributed by atoms with Gasteiger partial charge in [0.05, 0.1) is 6.10 Å². The summed E-state index contributed by atoms with van der Waals surface area (Å²) < 4.78 is 5.62. The van der Waals surface area contributed by atoms with Gasteiger partial charge in [0.1, 0.15) is 6.61 Å². The van der Waals surface area contributed by atoms with Gasteiger partial charge in [-0.3, -0.25) is 9.69 Å². The topological polar surface area (TPSA) is 41.6 Å². The van der Waals surface area contributed by atoms with Crippen molar-refractivity contribution in [3.63, 3.8) is 0 Å². The maximum Gasteiger partial charge on any atom is 0.246 e. The Morgan fingerprint density at radius 3 is 2.41 bits per heavy atom. The quantitative estimate of drug-likeness (QED) is 0.810. The van der Waals surface area contributed by atoms with Crippen LogP contribution in [0.15, 0.2) is 0 Å². The number of hydrogen-bond acceptors (Lipinski definition) is 3. The molecule has 0 atom stereocenters. The largest absolute Gasteiger partial charge is 0.368 e. The van der Waals surface area contributed by atoms with Crippen molar-refractivity contribution in [3.8, 4) is 0 Å². The lowest BCUT2D eigenvalue weighted by Gasteiger charge is -2.40. The number of amides is 1. The standard InChI is InChI=1S/C13H26N2O2/c1-5-14-12(16)10-17-11-6-8-15(9-7-11)13(2,3)4/h11H,5-10H2,1-4H3,(H,14,16). The first kappa shape index (κ1) is 14.5. The molecule has 0 aromatic carbocycles. The zero-order chi connectivity index (χ0) is 12.9. The van der Waals surface area contributed by atoms with Crippen LogP contribution in [0.5, 0.6) is 0 Å². The van der Waals surface area contributed by atoms with E-state index in [0.29, 0.717) is 6.54 Å². The number of nitrogens with one attached hydrogen (secondary N) is 1. The van der Waals surface area contributed by atoms with Crippen LogP contribution in [0.2, 0.25) is 0 Å². The van der Waals surface area contributed by atoms with Crippen LogP contribution in [-0.2, 0) is 9.53 Å². The van der Waals surface area contributed by atoms with Gasteiger partial charge in [-0.05, 0) is 40.5 Å². The van der Waals surface area contributed by atoms with Gasteiger partial charge in [0.15, 0.2) is 0 Å². The Kier molecular flexibility index (Phi) is 5.40. The summed E-state index contributed by atoms with van der Waals surface area (Å²) in [5, 5.41) is 2.74. The summed E-state index contributed by atoms with van der Waals surface area (Å²) in [5.74, 6) is -0.00856. The number of likely N-dealkylation sites (N-methyl/N-ethyl adjacent to an activating group) is 1. The molecule has 1 rings (SSSR count). The van der Waals surface area contributed by atoms with Crippen LogP contribution in [0.1, 0.15) is 40.5 Å². The van der Waals surface area contributed by atoms with Gasteiger partial charge in [0, 0.05) is 25.2 Å². The van der Waals surface area contributed by atoms with Crippen molar-refractivity contribution in [1.82, 2.24) is 10.2 Å². The minimum Gasteiger partial charge on any atom is -0.368 e. The van der Waals surface area contributed by atoms with Gasteiger partial charge in [0.2, 0.25) is 5.91 Å². The van der Waals surface area contributed by atoms with Crippen LogP contribution in [0, 0.1) is 0 Å². The normalized spacial score (nSPS) is 19.3. The number of carbonyl (C=O) groups excluding carboxylic acids is 1. The lowest BCUT2D eigenvalue weighted by atomic mass is 9.99. The Balaban J connectivity index is 2.21. The van der Waals surface area contributed by atoms with Gasteiger partial charge in [-0.15, -0.1) is 0 Å². The van der Waals surface area contributed by atoms with Crippen molar-refractivity contribution in [3.05, 3.63) is 0 Å². The molecule has 1 aliphatic heterocycles. The molecule has 1 aliphatic rings. The van der Waals surface area contributed by atoms with Crippen molar-refractivity contribution in [2.75, 3.05) is 26.2 Å². The SMILES string of the molecule is CCNC(=O)COC1CCN(C(C)(C)C)CC1. The Morgan fingerprint density at radius 1 is 1.35 bits per heavy atom. The number of carbonyl (C=O) groups is 1. The number of piperidine rings is 1. The van der Waals surface area contributed by atoms with E-state index in [4.69, 9.17) is 4.74 Å². The number of nitrogens with zero attached hydrogens (tertiary/aromatic N) is 1. The monoisotopic (exact) mass is 242 g/mol. The molecule has 0 aliphatic carbocycles. The molecule has 1 amide bonds. The fraction of sp³-hybridized carbons (Fsp3) is 0.923. The third kappa shape index (κ3) is 5.04. The van der Waals surface area contributed by atoms with Crippen LogP contribution < -0.4 is 5.32 Å². The van der Waals surface area contributed by atoms with E-state index in [-0.39, 0.29) is 24.2 Å². The lowest BCUT2D eigenvalue weighted by Crippen LogP contribution is -2.47. The molecule has 0 aromatic rings. The van der Waals surface area contributed by atoms with Crippen molar-refractivity contribution in [1.29, 1.82) is 0 Å². The molecule has 1 fully saturated rings. The summed E-state index contributed by atoms with van der Waals surface area (Å²) in [6, 6.07) is 0. The average molecular weight is 242 g/mol. The van der Waals surface area contributed by atoms with Gasteiger partial charge in [-0.1, -0.05) is 0 Å². The molecule has 1 heterocycles. The second kappa shape index (κ2) is 6.36. The number of ether oxygens (including phenoxy) is 1. The van der Waals surface area contributed by atoms with Crippen LogP contribution in [-0.4, -0.2) is 48.7 Å². The maximum atomic E-state index is 11.3. The minimum absolute atomic E-state index is 0.00856. The Morgan fingerprint density at radius 2 is 1.94 bits per heavy atom. The van der Waals surface area contributed by atoms with Gasteiger partial charge in [-0.2, -0.15) is 0 Å². The molecule has 1 saturated heterocycles. The zero-order valence-corrected chi connectivity index (χ0v) is 11.6. The predicted molar refractivity (Wildman–Crippen MR) is 69.0 cm³/mol. The third-order valence-electron chi connectivity index (χ3n) is 3.21. The summed E-state index contributed by atoms with van der Waals surface area (Å²) >= 11 is 0. The molecule has 0 saturated carbocycles. The Bertz CT molecular complexity index is 240. The van der Waals surface area contributed by atoms with Crippen molar-refractivity contribution in [2.45, 2.75) is 52.2 Å². The first-order valence-electron chi connectivity index (χ1n) is 6.57. The van der Waals surface area contributed by atoms with Crippen molar-refractivity contribution >= 4 is 5.91 Å². The summed E-state index contributed by atoms with van der Waals surface area (Å²) in [6.07, 6.45) is 2.30. The Hall–Kier alpha value is -0.610. The highest BCUT2D eigenvalue weighted by atomic mass is 16.5. The summed E-state index contributed by atoms with van der Waals surface area (Å²) in [6.45, 7) is 11.6. The molecule has 4 nitrogen and oxygen atoms in total. The van der Waals surface area contributed by atoms with Gasteiger partial charge < -0.3 is 10.1 Å². The van der Waals surface area contributed by atoms with Crippen molar-refractivity contribution in [2.24, 2.45) is 0 Å². The van der Waals surface area contributed by atoms with E-state index in [1.165, 1.54) is 0 Å². The smallest absolute Gasteiger partial charge is 0.246 e. The molecule has 0 aromatic heterocycles. The van der Waals surface area contributed by atoms with Gasteiger partial charge in [0.25, 0.3) is 0 Å². The Labute approximate surface area is 105 Å². The van der Waals surface area contributed by atoms with E-state index >= 15 is 0 Å². The van der Waals surface area contributed by atoms with E-state index in [1.54, 1.807) is 0 Å². The first-order valence-corrected chi connectivity index (χ1v) is 6.57. The average Bonchev–Trinajstić information content (AvgIpc) is 2.26. The van der Waals surface area contributed by atoms with Crippen LogP contribution in [0.4, 0.5) is 0 Å². The number of hydrogen-bond donors (Lipinski definition) is 1. The highest BCUT2D eigenvalue weighted by Crippen LogP contribution is 2.21. The lowest BCUT2D eigenvalue weighted by molar-refractivity contribution is -0.129. The molecular weight excluding hydrogens is 216 g/mol. The summed E-state index contributed by atoms with van der Waals surface area (Å²) in [5.41, 5.74) is 0.241. The van der Waals surface area contributed by atoms with E-state index in [0.717, 1.165) is 25.9 Å². The second-order valence-electron chi connectivity index (χ2n) is 5.62. The van der Waals surface area contributed by atoms with Crippen molar-refractivity contribution < 1.29 is 9.53 Å². The zero-order valence-electron chi connectivity index (χ0n) is 11.6. The van der Waals surface area contributed by atoms with Gasteiger partial charge in [-0.25, -0.2) is 0 Å². The van der Waals surface area contributed by atoms with Crippen LogP contribution in [0.25, 0.3) is 0 Å². The molecule has 100 valence electrons. The van der Waals surface area contributed by atoms with Crippen LogP contribution >= 0.6 is 0 Å². The van der Waals surface area contributed by atoms with E-state index < -0.39 is 0 Å². The maximum absolute atomic E-state index is 11.3. The molecule has 0 spiro atoms.